The standard InChI is InChI=1S/C29H29N5O5S/c1-3-24(27(36)31-17-19-10-8-14-39-19)40-29-33-21-12-6-5-11-20(21)26-32-22(28(37)34(26)29)15-25(35)30-16-18-9-4-7-13-23(18)38-2/h4-14,22,24H,3,15-17H2,1-2H3,(H,30,35)(H,31,36)/t22-,24-/m1/s1. The fourth-order valence-corrected chi connectivity index (χ4v) is 5.50. The van der Waals surface area contributed by atoms with E-state index in [0.29, 0.717) is 40.2 Å². The van der Waals surface area contributed by atoms with Gasteiger partial charge in [0.05, 0.1) is 37.3 Å². The number of rotatable bonds is 10. The summed E-state index contributed by atoms with van der Waals surface area (Å²) in [4.78, 5) is 50.2. The predicted molar refractivity (Wildman–Crippen MR) is 152 cm³/mol. The van der Waals surface area contributed by atoms with Crippen LogP contribution in [0, 0.1) is 0 Å². The van der Waals surface area contributed by atoms with Gasteiger partial charge in [-0.2, -0.15) is 0 Å². The van der Waals surface area contributed by atoms with Crippen molar-refractivity contribution in [1.29, 1.82) is 0 Å². The number of furan rings is 1. The Hall–Kier alpha value is -4.38. The summed E-state index contributed by atoms with van der Waals surface area (Å²) < 4.78 is 10.6. The van der Waals surface area contributed by atoms with Crippen LogP contribution in [0.25, 0.3) is 0 Å². The summed E-state index contributed by atoms with van der Waals surface area (Å²) in [5.41, 5.74) is 2.18. The second kappa shape index (κ2) is 12.2. The van der Waals surface area contributed by atoms with Crippen LogP contribution in [-0.2, 0) is 27.5 Å². The molecule has 3 aromatic rings. The molecule has 2 atom stereocenters. The van der Waals surface area contributed by atoms with E-state index in [1.807, 2.05) is 55.5 Å². The number of para-hydroxylation sites is 2. The molecule has 206 valence electrons. The van der Waals surface area contributed by atoms with Crippen LogP contribution in [0.2, 0.25) is 0 Å². The van der Waals surface area contributed by atoms with Gasteiger partial charge in [-0.15, -0.1) is 0 Å². The van der Waals surface area contributed by atoms with Crippen LogP contribution in [0.1, 0.15) is 36.7 Å². The third-order valence-corrected chi connectivity index (χ3v) is 7.84. The maximum Gasteiger partial charge on any atom is 0.259 e. The first-order chi connectivity index (χ1) is 19.5. The lowest BCUT2D eigenvalue weighted by Gasteiger charge is -2.27. The molecule has 2 N–H and O–H groups in total. The van der Waals surface area contributed by atoms with Crippen molar-refractivity contribution >= 4 is 46.2 Å². The second-order valence-corrected chi connectivity index (χ2v) is 10.3. The van der Waals surface area contributed by atoms with Crippen molar-refractivity contribution in [3.05, 3.63) is 83.8 Å². The van der Waals surface area contributed by atoms with Gasteiger partial charge >= 0.3 is 0 Å². The minimum atomic E-state index is -0.905. The van der Waals surface area contributed by atoms with Gasteiger partial charge in [-0.05, 0) is 36.8 Å². The van der Waals surface area contributed by atoms with E-state index in [0.717, 1.165) is 5.56 Å². The van der Waals surface area contributed by atoms with Crippen LogP contribution < -0.4 is 15.4 Å². The highest BCUT2D eigenvalue weighted by molar-refractivity contribution is 8.15. The first-order valence-electron chi connectivity index (χ1n) is 12.9. The van der Waals surface area contributed by atoms with Crippen LogP contribution in [0.4, 0.5) is 5.69 Å². The zero-order valence-electron chi connectivity index (χ0n) is 22.1. The Morgan fingerprint density at radius 2 is 1.88 bits per heavy atom. The molecule has 0 spiro atoms. The van der Waals surface area contributed by atoms with Gasteiger partial charge in [0, 0.05) is 17.7 Å². The summed E-state index contributed by atoms with van der Waals surface area (Å²) in [6.45, 7) is 2.43. The highest BCUT2D eigenvalue weighted by atomic mass is 32.2. The number of fused-ring (bicyclic) bond motifs is 3. The quantitative estimate of drug-likeness (QED) is 0.390. The summed E-state index contributed by atoms with van der Waals surface area (Å²) in [6, 6.07) is 17.4. The third-order valence-electron chi connectivity index (χ3n) is 6.52. The van der Waals surface area contributed by atoms with E-state index in [1.54, 1.807) is 25.5 Å². The number of nitrogens with one attached hydrogen (secondary N) is 2. The molecular formula is C29H29N5O5S. The van der Waals surface area contributed by atoms with Gasteiger partial charge in [0.2, 0.25) is 11.8 Å². The summed E-state index contributed by atoms with van der Waals surface area (Å²) in [7, 11) is 1.57. The molecule has 2 aromatic carbocycles. The lowest BCUT2D eigenvalue weighted by molar-refractivity contribution is -0.128. The number of ether oxygens (including phenoxy) is 1. The molecule has 2 aliphatic heterocycles. The van der Waals surface area contributed by atoms with E-state index in [-0.39, 0.29) is 37.2 Å². The molecule has 0 saturated heterocycles. The monoisotopic (exact) mass is 559 g/mol. The van der Waals surface area contributed by atoms with Crippen molar-refractivity contribution < 1.29 is 23.5 Å². The van der Waals surface area contributed by atoms with Gasteiger partial charge in [-0.3, -0.25) is 19.4 Å². The van der Waals surface area contributed by atoms with E-state index < -0.39 is 11.3 Å². The number of carbonyl (C=O) groups is 3. The summed E-state index contributed by atoms with van der Waals surface area (Å²) in [6.07, 6.45) is 1.95. The van der Waals surface area contributed by atoms with E-state index >= 15 is 0 Å². The topological polar surface area (TPSA) is 126 Å². The number of amides is 3. The number of thioether (sulfide) groups is 1. The molecule has 0 radical (unpaired) electrons. The Labute approximate surface area is 235 Å². The Bertz CT molecular complexity index is 1470. The highest BCUT2D eigenvalue weighted by Crippen LogP contribution is 2.35. The molecule has 0 saturated carbocycles. The Kier molecular flexibility index (Phi) is 8.30. The first-order valence-corrected chi connectivity index (χ1v) is 13.8. The number of hydrogen-bond donors (Lipinski definition) is 2. The molecule has 0 aliphatic carbocycles. The number of carbonyl (C=O) groups excluding carboxylic acids is 3. The molecule has 0 fully saturated rings. The molecule has 10 nitrogen and oxygen atoms in total. The molecular weight excluding hydrogens is 530 g/mol. The average Bonchev–Trinajstić information content (AvgIpc) is 3.62. The summed E-state index contributed by atoms with van der Waals surface area (Å²) in [5, 5.41) is 5.60. The van der Waals surface area contributed by atoms with Crippen LogP contribution in [-0.4, -0.2) is 52.0 Å². The van der Waals surface area contributed by atoms with Gasteiger partial charge in [0.15, 0.2) is 5.17 Å². The fraction of sp³-hybridized carbons (Fsp3) is 0.276. The number of hydrogen-bond acceptors (Lipinski definition) is 8. The number of nitrogens with zero attached hydrogens (tertiary/aromatic N) is 3. The lowest BCUT2D eigenvalue weighted by Crippen LogP contribution is -2.43. The van der Waals surface area contributed by atoms with Crippen LogP contribution in [0.15, 0.2) is 81.3 Å². The molecule has 3 amide bonds. The largest absolute Gasteiger partial charge is 0.496 e. The maximum atomic E-state index is 13.6. The molecule has 0 bridgehead atoms. The minimum absolute atomic E-state index is 0.116. The van der Waals surface area contributed by atoms with E-state index in [1.165, 1.54) is 16.7 Å². The number of benzene rings is 2. The molecule has 2 aliphatic rings. The van der Waals surface area contributed by atoms with Crippen molar-refractivity contribution in [2.75, 3.05) is 7.11 Å². The Morgan fingerprint density at radius 1 is 1.07 bits per heavy atom. The minimum Gasteiger partial charge on any atom is -0.496 e. The number of aliphatic imine (C=N–C) groups is 2. The lowest BCUT2D eigenvalue weighted by atomic mass is 10.1. The van der Waals surface area contributed by atoms with Crippen molar-refractivity contribution in [1.82, 2.24) is 15.5 Å². The van der Waals surface area contributed by atoms with E-state index in [9.17, 15) is 14.4 Å². The van der Waals surface area contributed by atoms with Gasteiger partial charge in [-0.25, -0.2) is 9.89 Å². The van der Waals surface area contributed by atoms with Crippen LogP contribution in [0.5, 0.6) is 5.75 Å². The summed E-state index contributed by atoms with van der Waals surface area (Å²) in [5.74, 6) is 0.901. The number of amidine groups is 2. The van der Waals surface area contributed by atoms with Gasteiger partial charge in [0.1, 0.15) is 23.4 Å². The smallest absolute Gasteiger partial charge is 0.259 e. The van der Waals surface area contributed by atoms with E-state index in [2.05, 4.69) is 15.6 Å². The highest BCUT2D eigenvalue weighted by Gasteiger charge is 2.43. The average molecular weight is 560 g/mol. The molecule has 11 heteroatoms. The molecule has 0 unspecified atom stereocenters. The van der Waals surface area contributed by atoms with Crippen molar-refractivity contribution in [2.45, 2.75) is 44.1 Å². The van der Waals surface area contributed by atoms with E-state index in [4.69, 9.17) is 14.1 Å². The predicted octanol–water partition coefficient (Wildman–Crippen LogP) is 3.78. The third kappa shape index (κ3) is 5.79. The molecule has 40 heavy (non-hydrogen) atoms. The van der Waals surface area contributed by atoms with Gasteiger partial charge in [0.25, 0.3) is 5.91 Å². The summed E-state index contributed by atoms with van der Waals surface area (Å²) >= 11 is 1.20. The Morgan fingerprint density at radius 3 is 2.65 bits per heavy atom. The van der Waals surface area contributed by atoms with Gasteiger partial charge in [-0.1, -0.05) is 49.0 Å². The fourth-order valence-electron chi connectivity index (χ4n) is 4.46. The zero-order chi connectivity index (χ0) is 28.1. The SMILES string of the molecule is CC[C@@H](SC1=Nc2ccccc2C2=N[C@H](CC(=O)NCc3ccccc3OC)C(=O)N12)C(=O)NCc1ccco1. The van der Waals surface area contributed by atoms with Crippen LogP contribution in [0.3, 0.4) is 0 Å². The molecule has 3 heterocycles. The van der Waals surface area contributed by atoms with Crippen molar-refractivity contribution in [3.63, 3.8) is 0 Å². The maximum absolute atomic E-state index is 13.6. The zero-order valence-corrected chi connectivity index (χ0v) is 22.9. The normalized spacial score (nSPS) is 16.4. The van der Waals surface area contributed by atoms with Crippen molar-refractivity contribution in [2.24, 2.45) is 9.98 Å². The van der Waals surface area contributed by atoms with Crippen molar-refractivity contribution in [3.8, 4) is 5.75 Å². The first kappa shape index (κ1) is 27.2. The van der Waals surface area contributed by atoms with Gasteiger partial charge < -0.3 is 19.8 Å². The molecule has 1 aromatic heterocycles. The Balaban J connectivity index is 1.30. The van der Waals surface area contributed by atoms with Crippen LogP contribution >= 0.6 is 11.8 Å². The second-order valence-electron chi connectivity index (χ2n) is 9.16. The number of methoxy groups -OCH3 is 1. The molecule has 5 rings (SSSR count).